The van der Waals surface area contributed by atoms with Crippen LogP contribution >= 0.6 is 0 Å². The molecule has 31 heavy (non-hydrogen) atoms. The number of nitrogens with zero attached hydrogens (tertiary/aromatic N) is 2. The number of hydrogen-bond acceptors (Lipinski definition) is 7. The van der Waals surface area contributed by atoms with Crippen LogP contribution in [0.5, 0.6) is 0 Å². The number of rotatable bonds is 8. The number of aromatic nitrogens is 2. The van der Waals surface area contributed by atoms with E-state index in [1.165, 1.54) is 29.8 Å². The maximum atomic E-state index is 12.3. The van der Waals surface area contributed by atoms with Crippen LogP contribution in [-0.2, 0) is 21.4 Å². The van der Waals surface area contributed by atoms with Crippen molar-refractivity contribution >= 4 is 16.0 Å². The Morgan fingerprint density at radius 2 is 1.81 bits per heavy atom. The number of sulfonamides is 1. The van der Waals surface area contributed by atoms with Gasteiger partial charge >= 0.3 is 5.97 Å². The van der Waals surface area contributed by atoms with Gasteiger partial charge in [0, 0.05) is 11.6 Å². The quantitative estimate of drug-likeness (QED) is 0.531. The fourth-order valence-electron chi connectivity index (χ4n) is 2.92. The lowest BCUT2D eigenvalue weighted by Crippen LogP contribution is -2.25. The van der Waals surface area contributed by atoms with Crippen molar-refractivity contribution in [2.45, 2.75) is 50.2 Å². The topological polar surface area (TPSA) is 111 Å². The van der Waals surface area contributed by atoms with E-state index in [2.05, 4.69) is 28.7 Å². The van der Waals surface area contributed by atoms with Crippen molar-refractivity contribution < 1.29 is 22.5 Å². The first-order valence-electron chi connectivity index (χ1n) is 10.0. The summed E-state index contributed by atoms with van der Waals surface area (Å²) >= 11 is 0. The maximum Gasteiger partial charge on any atom is 0.338 e. The predicted octanol–water partition coefficient (Wildman–Crippen LogP) is 3.66. The van der Waals surface area contributed by atoms with Crippen LogP contribution in [0.2, 0.25) is 0 Å². The van der Waals surface area contributed by atoms with Gasteiger partial charge in [0.1, 0.15) is 0 Å². The molecule has 1 aliphatic carbocycles. The Kier molecular flexibility index (Phi) is 5.88. The zero-order valence-electron chi connectivity index (χ0n) is 17.2. The lowest BCUT2D eigenvalue weighted by Gasteiger charge is -2.06. The Morgan fingerprint density at radius 3 is 2.42 bits per heavy atom. The minimum absolute atomic E-state index is 0.0158. The van der Waals surface area contributed by atoms with Crippen molar-refractivity contribution in [3.63, 3.8) is 0 Å². The minimum atomic E-state index is -3.56. The molecule has 2 aromatic carbocycles. The van der Waals surface area contributed by atoms with Crippen LogP contribution in [0.15, 0.2) is 57.9 Å². The first-order valence-corrected chi connectivity index (χ1v) is 11.5. The second kappa shape index (κ2) is 8.60. The third kappa shape index (κ3) is 5.18. The molecule has 0 saturated heterocycles. The molecule has 0 amide bonds. The number of ether oxygens (including phenoxy) is 1. The standard InChI is InChI=1S/C22H23N3O5S/c1-14(2)15-3-5-16(6-4-15)21-23-20(30-24-21)13-29-22(26)17-7-11-19(12-8-17)31(27,28)25-18-9-10-18/h3-8,11-12,14,18,25H,9-10,13H2,1-2H3. The highest BCUT2D eigenvalue weighted by Gasteiger charge is 2.28. The van der Waals surface area contributed by atoms with Crippen LogP contribution < -0.4 is 4.72 Å². The smallest absolute Gasteiger partial charge is 0.338 e. The highest BCUT2D eigenvalue weighted by atomic mass is 32.2. The Hall–Kier alpha value is -3.04. The molecule has 8 nitrogen and oxygen atoms in total. The number of benzene rings is 2. The average Bonchev–Trinajstić information content (AvgIpc) is 3.44. The summed E-state index contributed by atoms with van der Waals surface area (Å²) in [6.45, 7) is 4.06. The van der Waals surface area contributed by atoms with Crippen molar-refractivity contribution in [1.82, 2.24) is 14.9 Å². The zero-order valence-corrected chi connectivity index (χ0v) is 18.1. The summed E-state index contributed by atoms with van der Waals surface area (Å²) in [4.78, 5) is 16.6. The number of nitrogens with one attached hydrogen (secondary N) is 1. The Bertz CT molecular complexity index is 1160. The van der Waals surface area contributed by atoms with Crippen molar-refractivity contribution in [1.29, 1.82) is 0 Å². The van der Waals surface area contributed by atoms with Crippen LogP contribution in [0.25, 0.3) is 11.4 Å². The fourth-order valence-corrected chi connectivity index (χ4v) is 4.22. The largest absolute Gasteiger partial charge is 0.452 e. The van der Waals surface area contributed by atoms with Gasteiger partial charge < -0.3 is 9.26 Å². The fraction of sp³-hybridized carbons (Fsp3) is 0.318. The second-order valence-corrected chi connectivity index (χ2v) is 9.50. The van der Waals surface area contributed by atoms with E-state index in [1.54, 1.807) is 0 Å². The van der Waals surface area contributed by atoms with Gasteiger partial charge in [0.25, 0.3) is 5.89 Å². The van der Waals surface area contributed by atoms with Crippen molar-refractivity contribution in [2.75, 3.05) is 0 Å². The molecule has 4 rings (SSSR count). The van der Waals surface area contributed by atoms with Crippen molar-refractivity contribution in [2.24, 2.45) is 0 Å². The summed E-state index contributed by atoms with van der Waals surface area (Å²) in [6, 6.07) is 13.5. The van der Waals surface area contributed by atoms with E-state index < -0.39 is 16.0 Å². The molecule has 162 valence electrons. The van der Waals surface area contributed by atoms with Crippen LogP contribution in [0.1, 0.15) is 54.4 Å². The molecule has 1 fully saturated rings. The highest BCUT2D eigenvalue weighted by Crippen LogP contribution is 2.23. The van der Waals surface area contributed by atoms with Crippen LogP contribution in [-0.4, -0.2) is 30.6 Å². The van der Waals surface area contributed by atoms with E-state index in [0.717, 1.165) is 18.4 Å². The monoisotopic (exact) mass is 441 g/mol. The zero-order chi connectivity index (χ0) is 22.0. The Morgan fingerprint density at radius 1 is 1.13 bits per heavy atom. The molecule has 9 heteroatoms. The summed E-state index contributed by atoms with van der Waals surface area (Å²) in [5.74, 6) is 0.404. The molecule has 0 bridgehead atoms. The van der Waals surface area contributed by atoms with Gasteiger partial charge in [0.15, 0.2) is 6.61 Å². The van der Waals surface area contributed by atoms with Crippen LogP contribution in [0.3, 0.4) is 0 Å². The molecule has 0 radical (unpaired) electrons. The number of esters is 1. The second-order valence-electron chi connectivity index (χ2n) is 7.78. The Labute approximate surface area is 180 Å². The summed E-state index contributed by atoms with van der Waals surface area (Å²) in [6.07, 6.45) is 1.70. The summed E-state index contributed by atoms with van der Waals surface area (Å²) < 4.78 is 37.4. The van der Waals surface area contributed by atoms with Crippen molar-refractivity contribution in [3.8, 4) is 11.4 Å². The normalized spacial score (nSPS) is 14.0. The number of carbonyl (C=O) groups is 1. The summed E-state index contributed by atoms with van der Waals surface area (Å²) in [5, 5.41) is 3.93. The summed E-state index contributed by atoms with van der Waals surface area (Å²) in [7, 11) is -3.56. The van der Waals surface area contributed by atoms with Gasteiger partial charge in [-0.1, -0.05) is 43.3 Å². The molecule has 1 heterocycles. The van der Waals surface area contributed by atoms with Gasteiger partial charge in [0.05, 0.1) is 10.5 Å². The van der Waals surface area contributed by atoms with Gasteiger partial charge in [-0.25, -0.2) is 17.9 Å². The highest BCUT2D eigenvalue weighted by molar-refractivity contribution is 7.89. The molecular formula is C22H23N3O5S. The summed E-state index contributed by atoms with van der Waals surface area (Å²) in [5.41, 5.74) is 2.25. The molecule has 0 aliphatic heterocycles. The molecule has 0 atom stereocenters. The Balaban J connectivity index is 1.35. The molecule has 1 aromatic heterocycles. The first-order chi connectivity index (χ1) is 14.8. The number of carbonyl (C=O) groups excluding carboxylic acids is 1. The van der Waals surface area contributed by atoms with E-state index in [9.17, 15) is 13.2 Å². The van der Waals surface area contributed by atoms with E-state index in [4.69, 9.17) is 9.26 Å². The van der Waals surface area contributed by atoms with E-state index in [1.807, 2.05) is 24.3 Å². The maximum absolute atomic E-state index is 12.3. The molecule has 1 saturated carbocycles. The first kappa shape index (κ1) is 21.2. The molecular weight excluding hydrogens is 418 g/mol. The van der Waals surface area contributed by atoms with E-state index in [0.29, 0.717) is 11.7 Å². The minimum Gasteiger partial charge on any atom is -0.452 e. The van der Waals surface area contributed by atoms with E-state index >= 15 is 0 Å². The van der Waals surface area contributed by atoms with Gasteiger partial charge in [-0.05, 0) is 48.6 Å². The van der Waals surface area contributed by atoms with Crippen LogP contribution in [0, 0.1) is 0 Å². The predicted molar refractivity (Wildman–Crippen MR) is 113 cm³/mol. The van der Waals surface area contributed by atoms with Gasteiger partial charge in [-0.2, -0.15) is 4.98 Å². The van der Waals surface area contributed by atoms with Crippen molar-refractivity contribution in [3.05, 3.63) is 65.5 Å². The van der Waals surface area contributed by atoms with E-state index in [-0.39, 0.29) is 29.0 Å². The third-order valence-corrected chi connectivity index (χ3v) is 6.47. The van der Waals surface area contributed by atoms with Gasteiger partial charge in [-0.15, -0.1) is 0 Å². The SMILES string of the molecule is CC(C)c1ccc(-c2noc(COC(=O)c3ccc(S(=O)(=O)NC4CC4)cc3)n2)cc1. The van der Waals surface area contributed by atoms with Gasteiger partial charge in [-0.3, -0.25) is 0 Å². The molecule has 0 unspecified atom stereocenters. The number of hydrogen-bond donors (Lipinski definition) is 1. The lowest BCUT2D eigenvalue weighted by molar-refractivity contribution is 0.0429. The molecule has 3 aromatic rings. The van der Waals surface area contributed by atoms with Gasteiger partial charge in [0.2, 0.25) is 15.8 Å². The molecule has 0 spiro atoms. The third-order valence-electron chi connectivity index (χ3n) is 4.93. The lowest BCUT2D eigenvalue weighted by atomic mass is 10.0. The molecule has 1 N–H and O–H groups in total. The average molecular weight is 442 g/mol. The van der Waals surface area contributed by atoms with Crippen LogP contribution in [0.4, 0.5) is 0 Å². The molecule has 1 aliphatic rings.